The highest BCUT2D eigenvalue weighted by atomic mass is 35.5. The number of halogens is 1. The van der Waals surface area contributed by atoms with Crippen molar-refractivity contribution in [1.82, 2.24) is 9.97 Å². The highest BCUT2D eigenvalue weighted by Crippen LogP contribution is 2.32. The molecule has 2 rings (SSSR count). The maximum atomic E-state index is 5.97. The number of rotatable bonds is 5. The van der Waals surface area contributed by atoms with E-state index in [0.29, 0.717) is 29.9 Å². The van der Waals surface area contributed by atoms with Crippen LogP contribution in [-0.2, 0) is 0 Å². The summed E-state index contributed by atoms with van der Waals surface area (Å²) in [4.78, 5) is 8.45. The molecule has 0 saturated carbocycles. The Balaban J connectivity index is 2.43. The molecule has 0 amide bonds. The van der Waals surface area contributed by atoms with Crippen molar-refractivity contribution in [2.75, 3.05) is 13.2 Å². The lowest BCUT2D eigenvalue weighted by Gasteiger charge is -2.12. The number of hydrogen-bond donors (Lipinski definition) is 0. The van der Waals surface area contributed by atoms with E-state index >= 15 is 0 Å². The third-order valence-corrected chi connectivity index (χ3v) is 2.84. The largest absolute Gasteiger partial charge is 0.490 e. The van der Waals surface area contributed by atoms with Gasteiger partial charge in [-0.25, -0.2) is 9.97 Å². The summed E-state index contributed by atoms with van der Waals surface area (Å²) in [5.74, 6) is 2.08. The molecule has 4 nitrogen and oxygen atoms in total. The molecule has 0 aliphatic rings. The van der Waals surface area contributed by atoms with Crippen LogP contribution in [0.25, 0.3) is 11.3 Å². The van der Waals surface area contributed by atoms with Gasteiger partial charge in [-0.2, -0.15) is 0 Å². The van der Waals surface area contributed by atoms with E-state index in [9.17, 15) is 0 Å². The monoisotopic (exact) mass is 292 g/mol. The summed E-state index contributed by atoms with van der Waals surface area (Å²) in [6.45, 7) is 6.86. The topological polar surface area (TPSA) is 44.2 Å². The first kappa shape index (κ1) is 14.6. The van der Waals surface area contributed by atoms with Crippen molar-refractivity contribution in [2.24, 2.45) is 0 Å². The van der Waals surface area contributed by atoms with E-state index in [1.54, 1.807) is 6.07 Å². The molecule has 106 valence electrons. The van der Waals surface area contributed by atoms with Crippen molar-refractivity contribution in [3.63, 3.8) is 0 Å². The first-order chi connectivity index (χ1) is 9.63. The highest BCUT2D eigenvalue weighted by molar-refractivity contribution is 6.29. The molecule has 2 aromatic rings. The van der Waals surface area contributed by atoms with E-state index in [1.807, 2.05) is 39.0 Å². The van der Waals surface area contributed by atoms with Crippen molar-refractivity contribution < 1.29 is 9.47 Å². The van der Waals surface area contributed by atoms with Crippen molar-refractivity contribution >= 4 is 11.6 Å². The van der Waals surface area contributed by atoms with Gasteiger partial charge in [-0.15, -0.1) is 0 Å². The molecule has 1 heterocycles. The molecule has 0 saturated heterocycles. The van der Waals surface area contributed by atoms with Gasteiger partial charge in [0.05, 0.1) is 18.9 Å². The first-order valence-electron chi connectivity index (χ1n) is 6.55. The molecular formula is C15H17ClN2O2. The predicted molar refractivity (Wildman–Crippen MR) is 79.6 cm³/mol. The molecule has 0 bridgehead atoms. The Labute approximate surface area is 123 Å². The second-order valence-electron chi connectivity index (χ2n) is 4.15. The van der Waals surface area contributed by atoms with Crippen LogP contribution in [0.3, 0.4) is 0 Å². The smallest absolute Gasteiger partial charge is 0.161 e. The number of aryl methyl sites for hydroxylation is 1. The molecule has 0 aliphatic heterocycles. The van der Waals surface area contributed by atoms with Crippen LogP contribution in [-0.4, -0.2) is 23.2 Å². The molecule has 20 heavy (non-hydrogen) atoms. The van der Waals surface area contributed by atoms with Gasteiger partial charge < -0.3 is 9.47 Å². The van der Waals surface area contributed by atoms with Crippen LogP contribution >= 0.6 is 11.6 Å². The Kier molecular flexibility index (Phi) is 4.79. The number of hydrogen-bond acceptors (Lipinski definition) is 4. The van der Waals surface area contributed by atoms with Crippen molar-refractivity contribution in [1.29, 1.82) is 0 Å². The van der Waals surface area contributed by atoms with Crippen molar-refractivity contribution in [3.8, 4) is 22.8 Å². The minimum atomic E-state index is 0.430. The third kappa shape index (κ3) is 3.39. The second-order valence-corrected chi connectivity index (χ2v) is 4.54. The van der Waals surface area contributed by atoms with Crippen LogP contribution in [0.1, 0.15) is 19.7 Å². The fourth-order valence-electron chi connectivity index (χ4n) is 1.89. The average molecular weight is 293 g/mol. The maximum absolute atomic E-state index is 5.97. The zero-order valence-corrected chi connectivity index (χ0v) is 12.6. The Hall–Kier alpha value is -1.81. The van der Waals surface area contributed by atoms with Crippen LogP contribution in [0.2, 0.25) is 5.15 Å². The summed E-state index contributed by atoms with van der Waals surface area (Å²) in [5, 5.41) is 0.430. The molecular weight excluding hydrogens is 276 g/mol. The summed E-state index contributed by atoms with van der Waals surface area (Å²) < 4.78 is 11.2. The summed E-state index contributed by atoms with van der Waals surface area (Å²) >= 11 is 5.97. The van der Waals surface area contributed by atoms with Gasteiger partial charge >= 0.3 is 0 Å². The first-order valence-corrected chi connectivity index (χ1v) is 6.93. The summed E-state index contributed by atoms with van der Waals surface area (Å²) in [7, 11) is 0. The quantitative estimate of drug-likeness (QED) is 0.784. The summed E-state index contributed by atoms with van der Waals surface area (Å²) in [6, 6.07) is 7.47. The minimum Gasteiger partial charge on any atom is -0.490 e. The van der Waals surface area contributed by atoms with Crippen molar-refractivity contribution in [3.05, 3.63) is 35.2 Å². The van der Waals surface area contributed by atoms with Crippen LogP contribution in [0, 0.1) is 6.92 Å². The lowest BCUT2D eigenvalue weighted by Crippen LogP contribution is -1.99. The average Bonchev–Trinajstić information content (AvgIpc) is 2.40. The molecule has 0 aliphatic carbocycles. The highest BCUT2D eigenvalue weighted by Gasteiger charge is 2.09. The normalized spacial score (nSPS) is 10.4. The Morgan fingerprint density at radius 1 is 1.00 bits per heavy atom. The van der Waals surface area contributed by atoms with E-state index in [0.717, 1.165) is 17.0 Å². The molecule has 1 aromatic carbocycles. The number of ether oxygens (including phenoxy) is 2. The molecule has 1 aromatic heterocycles. The van der Waals surface area contributed by atoms with E-state index in [4.69, 9.17) is 21.1 Å². The Morgan fingerprint density at radius 3 is 2.35 bits per heavy atom. The molecule has 5 heteroatoms. The van der Waals surface area contributed by atoms with Gasteiger partial charge in [0, 0.05) is 11.6 Å². The summed E-state index contributed by atoms with van der Waals surface area (Å²) in [5.41, 5.74) is 1.69. The third-order valence-electron chi connectivity index (χ3n) is 2.65. The van der Waals surface area contributed by atoms with Crippen LogP contribution in [0.5, 0.6) is 11.5 Å². The predicted octanol–water partition coefficient (Wildman–Crippen LogP) is 3.90. The van der Waals surface area contributed by atoms with Crippen LogP contribution in [0.15, 0.2) is 24.3 Å². The maximum Gasteiger partial charge on any atom is 0.161 e. The van der Waals surface area contributed by atoms with E-state index in [1.165, 1.54) is 0 Å². The zero-order valence-electron chi connectivity index (χ0n) is 11.8. The molecule has 0 radical (unpaired) electrons. The van der Waals surface area contributed by atoms with E-state index in [2.05, 4.69) is 9.97 Å². The van der Waals surface area contributed by atoms with Gasteiger partial charge in [0.2, 0.25) is 0 Å². The van der Waals surface area contributed by atoms with Crippen LogP contribution in [0.4, 0.5) is 0 Å². The fourth-order valence-corrected chi connectivity index (χ4v) is 2.12. The van der Waals surface area contributed by atoms with Gasteiger partial charge in [0.1, 0.15) is 11.0 Å². The van der Waals surface area contributed by atoms with Gasteiger partial charge in [0.25, 0.3) is 0 Å². The lowest BCUT2D eigenvalue weighted by atomic mass is 10.1. The van der Waals surface area contributed by atoms with Gasteiger partial charge in [-0.1, -0.05) is 11.6 Å². The number of nitrogens with zero attached hydrogens (tertiary/aromatic N) is 2. The second kappa shape index (κ2) is 6.57. The molecule has 0 unspecified atom stereocenters. The zero-order chi connectivity index (χ0) is 14.5. The van der Waals surface area contributed by atoms with Crippen molar-refractivity contribution in [2.45, 2.75) is 20.8 Å². The molecule has 0 spiro atoms. The van der Waals surface area contributed by atoms with Gasteiger partial charge in [-0.05, 0) is 39.0 Å². The summed E-state index contributed by atoms with van der Waals surface area (Å²) in [6.07, 6.45) is 0. The Bertz CT molecular complexity index is 582. The standard InChI is InChI=1S/C15H17ClN2O2/c1-4-19-13-7-6-11(8-14(13)20-5-2)12-9-15(16)18-10(3)17-12/h6-9H,4-5H2,1-3H3. The number of benzene rings is 1. The molecule has 0 fully saturated rings. The minimum absolute atomic E-state index is 0.430. The fraction of sp³-hybridized carbons (Fsp3) is 0.333. The lowest BCUT2D eigenvalue weighted by molar-refractivity contribution is 0.288. The molecule has 0 N–H and O–H groups in total. The number of aromatic nitrogens is 2. The van der Waals surface area contributed by atoms with E-state index in [-0.39, 0.29) is 0 Å². The van der Waals surface area contributed by atoms with Gasteiger partial charge in [-0.3, -0.25) is 0 Å². The molecule has 0 atom stereocenters. The van der Waals surface area contributed by atoms with Crippen LogP contribution < -0.4 is 9.47 Å². The Morgan fingerprint density at radius 2 is 1.70 bits per heavy atom. The SMILES string of the molecule is CCOc1ccc(-c2cc(Cl)nc(C)n2)cc1OCC. The van der Waals surface area contributed by atoms with E-state index < -0.39 is 0 Å². The van der Waals surface area contributed by atoms with Gasteiger partial charge in [0.15, 0.2) is 11.5 Å².